The highest BCUT2D eigenvalue weighted by atomic mass is 16.5. The minimum atomic E-state index is 0.397. The number of hydrogen-bond acceptors (Lipinski definition) is 4. The Labute approximate surface area is 111 Å². The molecule has 18 heavy (non-hydrogen) atoms. The molecule has 4 nitrogen and oxygen atoms in total. The lowest BCUT2D eigenvalue weighted by Crippen LogP contribution is -2.30. The molecule has 2 atom stereocenters. The van der Waals surface area contributed by atoms with E-state index in [1.165, 1.54) is 19.3 Å². The van der Waals surface area contributed by atoms with Crippen LogP contribution in [-0.2, 0) is 14.2 Å². The van der Waals surface area contributed by atoms with Gasteiger partial charge >= 0.3 is 0 Å². The average molecular weight is 259 g/mol. The topological polar surface area (TPSA) is 39.7 Å². The number of nitrogens with one attached hydrogen (secondary N) is 1. The van der Waals surface area contributed by atoms with Gasteiger partial charge in [-0.1, -0.05) is 0 Å². The second kappa shape index (κ2) is 10.7. The van der Waals surface area contributed by atoms with Gasteiger partial charge < -0.3 is 19.5 Å². The Morgan fingerprint density at radius 1 is 1.11 bits per heavy atom. The van der Waals surface area contributed by atoms with Crippen LogP contribution in [0.15, 0.2) is 0 Å². The molecule has 1 aliphatic rings. The van der Waals surface area contributed by atoms with Gasteiger partial charge in [-0.2, -0.15) is 0 Å². The van der Waals surface area contributed by atoms with Crippen LogP contribution in [0.25, 0.3) is 0 Å². The summed E-state index contributed by atoms with van der Waals surface area (Å²) in [6.07, 6.45) is 6.53. The van der Waals surface area contributed by atoms with Gasteiger partial charge in [-0.05, 0) is 45.6 Å². The van der Waals surface area contributed by atoms with Gasteiger partial charge in [0, 0.05) is 26.9 Å². The van der Waals surface area contributed by atoms with Gasteiger partial charge in [-0.15, -0.1) is 0 Å². The minimum absolute atomic E-state index is 0.397. The SMILES string of the molecule is CCOCCCNCCOC1CCCC(OC)C1. The van der Waals surface area contributed by atoms with Crippen LogP contribution in [0, 0.1) is 0 Å². The lowest BCUT2D eigenvalue weighted by molar-refractivity contribution is -0.0282. The van der Waals surface area contributed by atoms with E-state index in [9.17, 15) is 0 Å². The van der Waals surface area contributed by atoms with Gasteiger partial charge in [-0.25, -0.2) is 0 Å². The molecule has 0 aromatic carbocycles. The van der Waals surface area contributed by atoms with Crippen LogP contribution in [0.1, 0.15) is 39.0 Å². The summed E-state index contributed by atoms with van der Waals surface area (Å²) in [4.78, 5) is 0. The first-order chi connectivity index (χ1) is 8.86. The van der Waals surface area contributed by atoms with Crippen molar-refractivity contribution in [3.05, 3.63) is 0 Å². The largest absolute Gasteiger partial charge is 0.382 e. The van der Waals surface area contributed by atoms with Crippen molar-refractivity contribution in [3.63, 3.8) is 0 Å². The van der Waals surface area contributed by atoms with Crippen molar-refractivity contribution in [2.75, 3.05) is 40.0 Å². The average Bonchev–Trinajstić information content (AvgIpc) is 2.42. The minimum Gasteiger partial charge on any atom is -0.382 e. The van der Waals surface area contributed by atoms with E-state index in [1.807, 2.05) is 6.92 Å². The fraction of sp³-hybridized carbons (Fsp3) is 1.00. The number of hydrogen-bond donors (Lipinski definition) is 1. The first-order valence-corrected chi connectivity index (χ1v) is 7.29. The Balaban J connectivity index is 1.88. The van der Waals surface area contributed by atoms with E-state index < -0.39 is 0 Å². The fourth-order valence-electron chi connectivity index (χ4n) is 2.33. The maximum Gasteiger partial charge on any atom is 0.0600 e. The highest BCUT2D eigenvalue weighted by Gasteiger charge is 2.21. The maximum absolute atomic E-state index is 5.87. The lowest BCUT2D eigenvalue weighted by Gasteiger charge is -2.28. The molecule has 0 heterocycles. The van der Waals surface area contributed by atoms with Gasteiger partial charge in [0.15, 0.2) is 0 Å². The molecule has 0 amide bonds. The van der Waals surface area contributed by atoms with Crippen LogP contribution in [0.3, 0.4) is 0 Å². The lowest BCUT2D eigenvalue weighted by atomic mass is 9.95. The van der Waals surface area contributed by atoms with Gasteiger partial charge in [0.05, 0.1) is 18.8 Å². The van der Waals surface area contributed by atoms with Crippen LogP contribution in [-0.4, -0.2) is 52.2 Å². The zero-order valence-electron chi connectivity index (χ0n) is 12.0. The van der Waals surface area contributed by atoms with Crippen molar-refractivity contribution in [2.45, 2.75) is 51.2 Å². The van der Waals surface area contributed by atoms with Gasteiger partial charge in [0.25, 0.3) is 0 Å². The molecule has 1 saturated carbocycles. The second-order valence-electron chi connectivity index (χ2n) is 4.82. The molecule has 0 radical (unpaired) electrons. The van der Waals surface area contributed by atoms with Crippen molar-refractivity contribution in [1.29, 1.82) is 0 Å². The summed E-state index contributed by atoms with van der Waals surface area (Å²) < 4.78 is 16.5. The van der Waals surface area contributed by atoms with Crippen molar-refractivity contribution < 1.29 is 14.2 Å². The zero-order valence-corrected chi connectivity index (χ0v) is 12.0. The third-order valence-electron chi connectivity index (χ3n) is 3.39. The summed E-state index contributed by atoms with van der Waals surface area (Å²) in [6.45, 7) is 6.43. The Morgan fingerprint density at radius 2 is 1.94 bits per heavy atom. The van der Waals surface area contributed by atoms with Crippen LogP contribution in [0.5, 0.6) is 0 Å². The molecule has 0 saturated heterocycles. The summed E-state index contributed by atoms with van der Waals surface area (Å²) in [5, 5.41) is 3.37. The van der Waals surface area contributed by atoms with E-state index in [-0.39, 0.29) is 0 Å². The van der Waals surface area contributed by atoms with Crippen molar-refractivity contribution in [3.8, 4) is 0 Å². The highest BCUT2D eigenvalue weighted by molar-refractivity contribution is 4.73. The van der Waals surface area contributed by atoms with Crippen molar-refractivity contribution >= 4 is 0 Å². The van der Waals surface area contributed by atoms with E-state index in [0.29, 0.717) is 12.2 Å². The normalized spacial score (nSPS) is 24.3. The van der Waals surface area contributed by atoms with Gasteiger partial charge in [-0.3, -0.25) is 0 Å². The van der Waals surface area contributed by atoms with Crippen LogP contribution in [0.2, 0.25) is 0 Å². The van der Waals surface area contributed by atoms with Crippen LogP contribution >= 0.6 is 0 Å². The van der Waals surface area contributed by atoms with Crippen molar-refractivity contribution in [1.82, 2.24) is 5.32 Å². The standard InChI is InChI=1S/C14H29NO3/c1-3-17-10-5-8-15-9-11-18-14-7-4-6-13(12-14)16-2/h13-15H,3-12H2,1-2H3. The fourth-order valence-corrected chi connectivity index (χ4v) is 2.33. The molecule has 1 aliphatic carbocycles. The monoisotopic (exact) mass is 259 g/mol. The Bertz CT molecular complexity index is 190. The number of rotatable bonds is 10. The van der Waals surface area contributed by atoms with E-state index in [2.05, 4.69) is 5.32 Å². The molecule has 0 spiro atoms. The molecule has 4 heteroatoms. The molecule has 1 fully saturated rings. The Morgan fingerprint density at radius 3 is 2.72 bits per heavy atom. The molecule has 0 bridgehead atoms. The van der Waals surface area contributed by atoms with Crippen LogP contribution < -0.4 is 5.32 Å². The first-order valence-electron chi connectivity index (χ1n) is 7.29. The summed E-state index contributed by atoms with van der Waals surface area (Å²) >= 11 is 0. The van der Waals surface area contributed by atoms with Gasteiger partial charge in [0.1, 0.15) is 0 Å². The third kappa shape index (κ3) is 7.31. The quantitative estimate of drug-likeness (QED) is 0.609. The smallest absolute Gasteiger partial charge is 0.0600 e. The molecular weight excluding hydrogens is 230 g/mol. The van der Waals surface area contributed by atoms with E-state index in [0.717, 1.165) is 45.8 Å². The summed E-state index contributed by atoms with van der Waals surface area (Å²) in [6, 6.07) is 0. The molecule has 0 aromatic rings. The molecule has 1 N–H and O–H groups in total. The second-order valence-corrected chi connectivity index (χ2v) is 4.82. The molecular formula is C14H29NO3. The summed E-state index contributed by atoms with van der Waals surface area (Å²) in [5.41, 5.74) is 0. The van der Waals surface area contributed by atoms with E-state index in [1.54, 1.807) is 7.11 Å². The van der Waals surface area contributed by atoms with Crippen LogP contribution in [0.4, 0.5) is 0 Å². The molecule has 108 valence electrons. The molecule has 0 aliphatic heterocycles. The highest BCUT2D eigenvalue weighted by Crippen LogP contribution is 2.22. The Hall–Kier alpha value is -0.160. The van der Waals surface area contributed by atoms with E-state index >= 15 is 0 Å². The Kier molecular flexibility index (Phi) is 9.48. The zero-order chi connectivity index (χ0) is 13.1. The predicted molar refractivity (Wildman–Crippen MR) is 73.0 cm³/mol. The molecule has 2 unspecified atom stereocenters. The number of ether oxygens (including phenoxy) is 3. The summed E-state index contributed by atoms with van der Waals surface area (Å²) in [5.74, 6) is 0. The maximum atomic E-state index is 5.87. The third-order valence-corrected chi connectivity index (χ3v) is 3.39. The number of methoxy groups -OCH3 is 1. The van der Waals surface area contributed by atoms with Crippen molar-refractivity contribution in [2.24, 2.45) is 0 Å². The summed E-state index contributed by atoms with van der Waals surface area (Å²) in [7, 11) is 1.80. The molecule has 1 rings (SSSR count). The first kappa shape index (κ1) is 15.9. The van der Waals surface area contributed by atoms with Gasteiger partial charge in [0.2, 0.25) is 0 Å². The predicted octanol–water partition coefficient (Wildman–Crippen LogP) is 1.98. The molecule has 0 aromatic heterocycles. The van der Waals surface area contributed by atoms with E-state index in [4.69, 9.17) is 14.2 Å².